The van der Waals surface area contributed by atoms with Crippen molar-refractivity contribution in [2.45, 2.75) is 0 Å². The minimum Gasteiger partial charge on any atom is -0.495 e. The van der Waals surface area contributed by atoms with E-state index < -0.39 is 0 Å². The average molecular weight is 461 g/mol. The molecule has 9 nitrogen and oxygen atoms in total. The molecular weight excluding hydrogens is 436 g/mol. The number of methoxy groups -OCH3 is 1. The number of hydrogen-bond donors (Lipinski definition) is 2. The van der Waals surface area contributed by atoms with Crippen LogP contribution in [0.5, 0.6) is 17.2 Å². The molecule has 0 bridgehead atoms. The zero-order chi connectivity index (χ0) is 22.3. The summed E-state index contributed by atoms with van der Waals surface area (Å²) in [6.07, 6.45) is 0. The van der Waals surface area contributed by atoms with E-state index in [1.165, 1.54) is 0 Å². The van der Waals surface area contributed by atoms with Crippen LogP contribution in [0.1, 0.15) is 10.4 Å². The molecule has 1 saturated heterocycles. The number of carbonyl (C=O) groups is 1. The lowest BCUT2D eigenvalue weighted by Crippen LogP contribution is -2.39. The fourth-order valence-electron chi connectivity index (χ4n) is 3.34. The largest absolute Gasteiger partial charge is 0.495 e. The molecule has 1 fully saturated rings. The number of nitrogens with zero attached hydrogens (tertiary/aromatic N) is 2. The Labute approximate surface area is 191 Å². The Bertz CT molecular complexity index is 994. The third kappa shape index (κ3) is 5.61. The van der Waals surface area contributed by atoms with Gasteiger partial charge in [-0.25, -0.2) is 0 Å². The number of carbonyl (C=O) groups excluding carboxylic acids is 1. The number of fused-ring (bicyclic) bond motifs is 1. The molecule has 0 spiro atoms. The van der Waals surface area contributed by atoms with E-state index in [0.717, 1.165) is 32.8 Å². The van der Waals surface area contributed by atoms with Crippen LogP contribution in [0, 0.1) is 0 Å². The van der Waals surface area contributed by atoms with Crippen LogP contribution in [0.4, 0.5) is 5.69 Å². The van der Waals surface area contributed by atoms with Gasteiger partial charge >= 0.3 is 0 Å². The van der Waals surface area contributed by atoms with E-state index in [4.69, 9.17) is 30.5 Å². The monoisotopic (exact) mass is 460 g/mol. The molecule has 0 unspecified atom stereocenters. The smallest absolute Gasteiger partial charge is 0.258 e. The first kappa shape index (κ1) is 22.2. The molecule has 4 rings (SSSR count). The number of hydrogen-bond acceptors (Lipinski definition) is 7. The van der Waals surface area contributed by atoms with Crippen LogP contribution in [0.3, 0.4) is 0 Å². The van der Waals surface area contributed by atoms with Crippen molar-refractivity contribution in [2.75, 3.05) is 58.6 Å². The number of amides is 1. The third-order valence-corrected chi connectivity index (χ3v) is 5.37. The second-order valence-corrected chi connectivity index (χ2v) is 7.59. The molecule has 0 aromatic heterocycles. The van der Waals surface area contributed by atoms with Crippen LogP contribution < -0.4 is 24.8 Å². The molecule has 0 radical (unpaired) electrons. The molecule has 0 atom stereocenters. The van der Waals surface area contributed by atoms with Crippen molar-refractivity contribution in [1.29, 1.82) is 0 Å². The van der Waals surface area contributed by atoms with Crippen LogP contribution in [0.2, 0.25) is 5.02 Å². The standard InChI is InChI=1S/C22H25ClN4O5/c1-29-18-5-3-16(13-17(18)23)25-22(24-6-7-27-8-10-30-11-9-27)26-21(28)15-2-4-19-20(12-15)32-14-31-19/h2-5,12-13H,6-11,14H2,1H3,(H2,24,25,26,28). The SMILES string of the molecule is COc1ccc(NC(=NCCN2CCOCC2)NC(=O)c2ccc3c(c2)OCO3)cc1Cl. The molecule has 2 aromatic carbocycles. The molecule has 2 heterocycles. The number of guanidine groups is 1. The van der Waals surface area contributed by atoms with Gasteiger partial charge in [-0.05, 0) is 36.4 Å². The molecular formula is C22H25ClN4O5. The van der Waals surface area contributed by atoms with Crippen LogP contribution in [-0.4, -0.2) is 70.1 Å². The number of aliphatic imine (C=N–C) groups is 1. The fourth-order valence-corrected chi connectivity index (χ4v) is 3.59. The highest BCUT2D eigenvalue weighted by Gasteiger charge is 2.17. The summed E-state index contributed by atoms with van der Waals surface area (Å²) in [6.45, 7) is 4.60. The first-order chi connectivity index (χ1) is 15.6. The maximum Gasteiger partial charge on any atom is 0.258 e. The van der Waals surface area contributed by atoms with Gasteiger partial charge in [-0.3, -0.25) is 20.0 Å². The first-order valence-electron chi connectivity index (χ1n) is 10.3. The molecule has 2 aliphatic heterocycles. The predicted molar refractivity (Wildman–Crippen MR) is 121 cm³/mol. The molecule has 2 N–H and O–H groups in total. The van der Waals surface area contributed by atoms with E-state index in [2.05, 4.69) is 20.5 Å². The summed E-state index contributed by atoms with van der Waals surface area (Å²) in [6, 6.07) is 10.3. The van der Waals surface area contributed by atoms with Gasteiger partial charge in [-0.2, -0.15) is 0 Å². The summed E-state index contributed by atoms with van der Waals surface area (Å²) >= 11 is 6.24. The van der Waals surface area contributed by atoms with Crippen molar-refractivity contribution in [3.8, 4) is 17.2 Å². The number of morpholine rings is 1. The second kappa shape index (κ2) is 10.5. The number of halogens is 1. The highest BCUT2D eigenvalue weighted by molar-refractivity contribution is 6.32. The van der Waals surface area contributed by atoms with Gasteiger partial charge in [-0.15, -0.1) is 0 Å². The Balaban J connectivity index is 1.47. The lowest BCUT2D eigenvalue weighted by atomic mass is 10.2. The van der Waals surface area contributed by atoms with Crippen LogP contribution >= 0.6 is 11.6 Å². The normalized spacial score (nSPS) is 16.0. The Morgan fingerprint density at radius 3 is 2.75 bits per heavy atom. The van der Waals surface area contributed by atoms with Gasteiger partial charge < -0.3 is 24.3 Å². The van der Waals surface area contributed by atoms with Crippen molar-refractivity contribution in [2.24, 2.45) is 4.99 Å². The number of anilines is 1. The quantitative estimate of drug-likeness (QED) is 0.505. The zero-order valence-corrected chi connectivity index (χ0v) is 18.5. The molecule has 2 aliphatic rings. The summed E-state index contributed by atoms with van der Waals surface area (Å²) in [5.74, 6) is 1.72. The molecule has 0 saturated carbocycles. The minimum absolute atomic E-state index is 0.147. The van der Waals surface area contributed by atoms with E-state index in [-0.39, 0.29) is 12.7 Å². The number of rotatable bonds is 6. The Hall–Kier alpha value is -3.01. The van der Waals surface area contributed by atoms with Gasteiger partial charge in [0, 0.05) is 30.9 Å². The second-order valence-electron chi connectivity index (χ2n) is 7.18. The number of nitrogens with one attached hydrogen (secondary N) is 2. The van der Waals surface area contributed by atoms with Crippen LogP contribution in [-0.2, 0) is 4.74 Å². The van der Waals surface area contributed by atoms with Gasteiger partial charge in [0.1, 0.15) is 5.75 Å². The van der Waals surface area contributed by atoms with E-state index in [9.17, 15) is 4.79 Å². The van der Waals surface area contributed by atoms with Gasteiger partial charge in [0.05, 0.1) is 31.9 Å². The highest BCUT2D eigenvalue weighted by atomic mass is 35.5. The van der Waals surface area contributed by atoms with Gasteiger partial charge in [0.2, 0.25) is 12.8 Å². The zero-order valence-electron chi connectivity index (χ0n) is 17.7. The number of benzene rings is 2. The molecule has 2 aromatic rings. The maximum absolute atomic E-state index is 12.9. The lowest BCUT2D eigenvalue weighted by Gasteiger charge is -2.25. The van der Waals surface area contributed by atoms with Crippen molar-refractivity contribution >= 4 is 29.2 Å². The summed E-state index contributed by atoms with van der Waals surface area (Å²) in [5.41, 5.74) is 1.11. The minimum atomic E-state index is -0.319. The van der Waals surface area contributed by atoms with E-state index in [1.54, 1.807) is 43.5 Å². The summed E-state index contributed by atoms with van der Waals surface area (Å²) in [5, 5.41) is 6.44. The van der Waals surface area contributed by atoms with Gasteiger partial charge in [0.15, 0.2) is 11.5 Å². The van der Waals surface area contributed by atoms with Gasteiger partial charge in [0.25, 0.3) is 5.91 Å². The average Bonchev–Trinajstić information content (AvgIpc) is 3.28. The van der Waals surface area contributed by atoms with Crippen molar-refractivity contribution in [1.82, 2.24) is 10.2 Å². The third-order valence-electron chi connectivity index (χ3n) is 5.07. The molecule has 0 aliphatic carbocycles. The highest BCUT2D eigenvalue weighted by Crippen LogP contribution is 2.32. The summed E-state index contributed by atoms with van der Waals surface area (Å²) in [4.78, 5) is 19.7. The topological polar surface area (TPSA) is 93.7 Å². The molecule has 170 valence electrons. The molecule has 32 heavy (non-hydrogen) atoms. The van der Waals surface area contributed by atoms with E-state index in [1.807, 2.05) is 0 Å². The Morgan fingerprint density at radius 1 is 1.16 bits per heavy atom. The van der Waals surface area contributed by atoms with E-state index in [0.29, 0.717) is 46.0 Å². The van der Waals surface area contributed by atoms with Crippen LogP contribution in [0.15, 0.2) is 41.4 Å². The molecule has 10 heteroatoms. The van der Waals surface area contributed by atoms with Crippen LogP contribution in [0.25, 0.3) is 0 Å². The van der Waals surface area contributed by atoms with Crippen molar-refractivity contribution < 1.29 is 23.7 Å². The van der Waals surface area contributed by atoms with Crippen molar-refractivity contribution in [3.63, 3.8) is 0 Å². The van der Waals surface area contributed by atoms with Crippen molar-refractivity contribution in [3.05, 3.63) is 47.0 Å². The Morgan fingerprint density at radius 2 is 1.97 bits per heavy atom. The van der Waals surface area contributed by atoms with E-state index >= 15 is 0 Å². The number of ether oxygens (including phenoxy) is 4. The first-order valence-corrected chi connectivity index (χ1v) is 10.7. The Kier molecular flexibility index (Phi) is 7.31. The van der Waals surface area contributed by atoms with Gasteiger partial charge in [-0.1, -0.05) is 11.6 Å². The predicted octanol–water partition coefficient (Wildman–Crippen LogP) is 2.61. The lowest BCUT2D eigenvalue weighted by molar-refractivity contribution is 0.0394. The summed E-state index contributed by atoms with van der Waals surface area (Å²) < 4.78 is 21.3. The maximum atomic E-state index is 12.9. The molecule has 1 amide bonds. The fraction of sp³-hybridized carbons (Fsp3) is 0.364. The summed E-state index contributed by atoms with van der Waals surface area (Å²) in [7, 11) is 1.55.